The van der Waals surface area contributed by atoms with Crippen molar-refractivity contribution >= 4 is 11.8 Å². The van der Waals surface area contributed by atoms with Crippen LogP contribution in [0.25, 0.3) is 0 Å². The molecule has 1 aromatic heterocycles. The Labute approximate surface area is 155 Å². The number of carbonyl (C=O) groups excluding carboxylic acids is 2. The van der Waals surface area contributed by atoms with E-state index in [-0.39, 0.29) is 18.2 Å². The zero-order chi connectivity index (χ0) is 19.4. The Morgan fingerprint density at radius 2 is 2.23 bits per heavy atom. The molecule has 140 valence electrons. The second-order valence-electron chi connectivity index (χ2n) is 6.09. The Hall–Kier alpha value is -2.81. The Kier molecular flexibility index (Phi) is 9.55. The number of hydrogen-bond acceptors (Lipinski definition) is 4. The van der Waals surface area contributed by atoms with Gasteiger partial charge in [0.2, 0.25) is 11.8 Å². The molecule has 1 unspecified atom stereocenters. The number of rotatable bonds is 10. The van der Waals surface area contributed by atoms with Gasteiger partial charge >= 0.3 is 0 Å². The van der Waals surface area contributed by atoms with Crippen molar-refractivity contribution < 1.29 is 14.1 Å². The summed E-state index contributed by atoms with van der Waals surface area (Å²) in [6, 6.07) is 1.14. The summed E-state index contributed by atoms with van der Waals surface area (Å²) in [6.45, 7) is 6.08. The highest BCUT2D eigenvalue weighted by molar-refractivity contribution is 5.88. The molecule has 1 rings (SSSR count). The van der Waals surface area contributed by atoms with Crippen LogP contribution < -0.4 is 10.6 Å². The molecule has 0 aromatic carbocycles. The van der Waals surface area contributed by atoms with E-state index in [1.165, 1.54) is 0 Å². The summed E-state index contributed by atoms with van der Waals surface area (Å²) in [5, 5.41) is 9.36. The fourth-order valence-corrected chi connectivity index (χ4v) is 2.24. The minimum atomic E-state index is -0.568. The van der Waals surface area contributed by atoms with Crippen molar-refractivity contribution in [3.05, 3.63) is 41.3 Å². The first-order valence-electron chi connectivity index (χ1n) is 8.71. The van der Waals surface area contributed by atoms with Gasteiger partial charge in [-0.25, -0.2) is 0 Å². The molecule has 2 amide bonds. The zero-order valence-corrected chi connectivity index (χ0v) is 15.7. The Morgan fingerprint density at radius 3 is 2.85 bits per heavy atom. The van der Waals surface area contributed by atoms with Crippen LogP contribution in [-0.2, 0) is 16.0 Å². The number of terminal acetylenes is 1. The third kappa shape index (κ3) is 8.34. The summed E-state index contributed by atoms with van der Waals surface area (Å²) >= 11 is 0. The van der Waals surface area contributed by atoms with E-state index in [4.69, 9.17) is 10.9 Å². The van der Waals surface area contributed by atoms with Crippen LogP contribution in [0.3, 0.4) is 0 Å². The molecule has 6 heteroatoms. The number of nitrogens with one attached hydrogen (secondary N) is 2. The van der Waals surface area contributed by atoms with Crippen LogP contribution >= 0.6 is 0 Å². The van der Waals surface area contributed by atoms with Gasteiger partial charge in [-0.15, -0.1) is 12.3 Å². The van der Waals surface area contributed by atoms with Gasteiger partial charge in [-0.2, -0.15) is 0 Å². The first-order valence-corrected chi connectivity index (χ1v) is 8.71. The quantitative estimate of drug-likeness (QED) is 0.498. The molecule has 0 bridgehead atoms. The Bertz CT molecular complexity index is 695. The van der Waals surface area contributed by atoms with Crippen molar-refractivity contribution in [2.24, 2.45) is 0 Å². The maximum absolute atomic E-state index is 12.4. The van der Waals surface area contributed by atoms with Gasteiger partial charge in [-0.3, -0.25) is 9.59 Å². The second kappa shape index (κ2) is 11.7. The van der Waals surface area contributed by atoms with E-state index in [1.54, 1.807) is 13.0 Å². The standard InChI is InChI=1S/C20H27N3O3/c1-5-7-8-9-11-15(3)14-21-20(25)18(10-6-2)22-19(24)13-17-12-16(4)23-26-17/h1,8-9,11-12,18H,6-7,10,13-14H2,2-4H3,(H,21,25)(H,22,24)/b9-8-,15-11+. The van der Waals surface area contributed by atoms with Crippen molar-refractivity contribution in [3.8, 4) is 12.3 Å². The summed E-state index contributed by atoms with van der Waals surface area (Å²) < 4.78 is 5.03. The van der Waals surface area contributed by atoms with Crippen molar-refractivity contribution in [2.75, 3.05) is 6.54 Å². The lowest BCUT2D eigenvalue weighted by Gasteiger charge is -2.17. The molecule has 0 saturated heterocycles. The van der Waals surface area contributed by atoms with E-state index in [0.717, 1.165) is 12.0 Å². The molecule has 0 fully saturated rings. The molecule has 0 aliphatic heterocycles. The number of aryl methyl sites for hydroxylation is 1. The lowest BCUT2D eigenvalue weighted by Crippen LogP contribution is -2.47. The molecule has 2 N–H and O–H groups in total. The van der Waals surface area contributed by atoms with Crippen LogP contribution in [0.4, 0.5) is 0 Å². The molecule has 1 aromatic rings. The monoisotopic (exact) mass is 357 g/mol. The largest absolute Gasteiger partial charge is 0.361 e. The van der Waals surface area contributed by atoms with Gasteiger partial charge in [0, 0.05) is 19.0 Å². The summed E-state index contributed by atoms with van der Waals surface area (Å²) in [5.41, 5.74) is 1.71. The van der Waals surface area contributed by atoms with Crippen molar-refractivity contribution in [1.82, 2.24) is 15.8 Å². The van der Waals surface area contributed by atoms with E-state index in [1.807, 2.05) is 32.1 Å². The predicted molar refractivity (Wildman–Crippen MR) is 101 cm³/mol. The number of amides is 2. The number of carbonyl (C=O) groups is 2. The van der Waals surface area contributed by atoms with Crippen LogP contribution in [0.15, 0.2) is 34.4 Å². The average Bonchev–Trinajstić information content (AvgIpc) is 3.00. The maximum atomic E-state index is 12.4. The van der Waals surface area contributed by atoms with E-state index >= 15 is 0 Å². The van der Waals surface area contributed by atoms with Crippen molar-refractivity contribution in [3.63, 3.8) is 0 Å². The van der Waals surface area contributed by atoms with Gasteiger partial charge in [-0.1, -0.05) is 42.3 Å². The second-order valence-corrected chi connectivity index (χ2v) is 6.09. The topological polar surface area (TPSA) is 84.2 Å². The van der Waals surface area contributed by atoms with Crippen molar-refractivity contribution in [1.29, 1.82) is 0 Å². The highest BCUT2D eigenvalue weighted by Gasteiger charge is 2.20. The normalized spacial score (nSPS) is 12.6. The highest BCUT2D eigenvalue weighted by atomic mass is 16.5. The Morgan fingerprint density at radius 1 is 1.46 bits per heavy atom. The fraction of sp³-hybridized carbons (Fsp3) is 0.450. The number of allylic oxidation sites excluding steroid dienone is 3. The summed E-state index contributed by atoms with van der Waals surface area (Å²) in [4.78, 5) is 24.5. The molecule has 0 aliphatic carbocycles. The minimum absolute atomic E-state index is 0.0627. The molecule has 1 heterocycles. The van der Waals surface area contributed by atoms with Gasteiger partial charge < -0.3 is 15.2 Å². The summed E-state index contributed by atoms with van der Waals surface area (Å²) in [5.74, 6) is 2.54. The Balaban J connectivity index is 2.52. The fourth-order valence-electron chi connectivity index (χ4n) is 2.24. The van der Waals surface area contributed by atoms with Crippen LogP contribution in [0, 0.1) is 19.3 Å². The van der Waals surface area contributed by atoms with Gasteiger partial charge in [0.15, 0.2) is 0 Å². The number of aromatic nitrogens is 1. The third-order valence-corrected chi connectivity index (χ3v) is 3.53. The van der Waals surface area contributed by atoms with Crippen LogP contribution in [0.1, 0.15) is 44.6 Å². The third-order valence-electron chi connectivity index (χ3n) is 3.53. The van der Waals surface area contributed by atoms with Crippen LogP contribution in [0.2, 0.25) is 0 Å². The van der Waals surface area contributed by atoms with Gasteiger partial charge in [0.1, 0.15) is 11.8 Å². The minimum Gasteiger partial charge on any atom is -0.361 e. The lowest BCUT2D eigenvalue weighted by molar-refractivity contribution is -0.128. The molecule has 0 saturated carbocycles. The first-order chi connectivity index (χ1) is 12.5. The van der Waals surface area contributed by atoms with Crippen LogP contribution in [-0.4, -0.2) is 29.6 Å². The SMILES string of the molecule is C#CC/C=C\C=C(/C)CNC(=O)C(CCC)NC(=O)Cc1cc(C)no1. The van der Waals surface area contributed by atoms with E-state index < -0.39 is 6.04 Å². The number of nitrogens with zero attached hydrogens (tertiary/aromatic N) is 1. The van der Waals surface area contributed by atoms with Gasteiger partial charge in [-0.05, 0) is 20.3 Å². The van der Waals surface area contributed by atoms with Gasteiger partial charge in [0.25, 0.3) is 0 Å². The van der Waals surface area contributed by atoms with Gasteiger partial charge in [0.05, 0.1) is 12.1 Å². The molecule has 0 radical (unpaired) electrons. The molecule has 1 atom stereocenters. The highest BCUT2D eigenvalue weighted by Crippen LogP contribution is 2.04. The van der Waals surface area contributed by atoms with E-state index in [2.05, 4.69) is 21.7 Å². The number of hydrogen-bond donors (Lipinski definition) is 2. The van der Waals surface area contributed by atoms with E-state index in [0.29, 0.717) is 30.8 Å². The first kappa shape index (κ1) is 21.2. The molecule has 26 heavy (non-hydrogen) atoms. The maximum Gasteiger partial charge on any atom is 0.242 e. The smallest absolute Gasteiger partial charge is 0.242 e. The molecular weight excluding hydrogens is 330 g/mol. The summed E-state index contributed by atoms with van der Waals surface area (Å²) in [6.07, 6.45) is 12.8. The molecule has 6 nitrogen and oxygen atoms in total. The molecule has 0 spiro atoms. The van der Waals surface area contributed by atoms with Crippen molar-refractivity contribution in [2.45, 2.75) is 52.5 Å². The van der Waals surface area contributed by atoms with E-state index in [9.17, 15) is 9.59 Å². The average molecular weight is 357 g/mol. The summed E-state index contributed by atoms with van der Waals surface area (Å²) in [7, 11) is 0. The zero-order valence-electron chi connectivity index (χ0n) is 15.7. The lowest BCUT2D eigenvalue weighted by atomic mass is 10.1. The molecular formula is C20H27N3O3. The molecule has 0 aliphatic rings. The predicted octanol–water partition coefficient (Wildman–Crippen LogP) is 2.45. The van der Waals surface area contributed by atoms with Crippen LogP contribution in [0.5, 0.6) is 0 Å².